The summed E-state index contributed by atoms with van der Waals surface area (Å²) >= 11 is 0. The molecule has 1 heterocycles. The van der Waals surface area contributed by atoms with E-state index >= 15 is 0 Å². The molecule has 0 saturated heterocycles. The lowest BCUT2D eigenvalue weighted by atomic mass is 9.98. The van der Waals surface area contributed by atoms with Crippen molar-refractivity contribution in [2.45, 2.75) is 12.3 Å². The van der Waals surface area contributed by atoms with Gasteiger partial charge in [-0.1, -0.05) is 54.6 Å². The van der Waals surface area contributed by atoms with Crippen LogP contribution in [0.3, 0.4) is 0 Å². The van der Waals surface area contributed by atoms with Crippen LogP contribution in [-0.2, 0) is 16.0 Å². The number of anilines is 1. The van der Waals surface area contributed by atoms with E-state index in [9.17, 15) is 9.59 Å². The van der Waals surface area contributed by atoms with Crippen molar-refractivity contribution >= 4 is 17.9 Å². The number of amides is 1. The Morgan fingerprint density at radius 3 is 2.21 bits per heavy atom. The van der Waals surface area contributed by atoms with Gasteiger partial charge in [0, 0.05) is 5.92 Å². The molecule has 140 valence electrons. The average Bonchev–Trinajstić information content (AvgIpc) is 3.00. The van der Waals surface area contributed by atoms with Crippen molar-refractivity contribution in [2.24, 2.45) is 0 Å². The van der Waals surface area contributed by atoms with Crippen LogP contribution >= 0.6 is 0 Å². The predicted octanol–water partition coefficient (Wildman–Crippen LogP) is 4.07. The van der Waals surface area contributed by atoms with E-state index < -0.39 is 12.1 Å². The van der Waals surface area contributed by atoms with Gasteiger partial charge < -0.3 is 9.84 Å². The minimum absolute atomic E-state index is 0.0237. The van der Waals surface area contributed by atoms with Crippen molar-refractivity contribution in [3.05, 3.63) is 83.6 Å². The Kier molecular flexibility index (Phi) is 4.76. The first-order chi connectivity index (χ1) is 13.6. The normalized spacial score (nSPS) is 12.1. The molecule has 0 fully saturated rings. The van der Waals surface area contributed by atoms with Gasteiger partial charge in [0.25, 0.3) is 0 Å². The van der Waals surface area contributed by atoms with E-state index in [-0.39, 0.29) is 24.8 Å². The number of aliphatic carboxylic acids is 1. The third-order valence-corrected chi connectivity index (χ3v) is 4.71. The van der Waals surface area contributed by atoms with Gasteiger partial charge in [0.05, 0.1) is 12.1 Å². The number of rotatable bonds is 5. The van der Waals surface area contributed by atoms with E-state index in [4.69, 9.17) is 9.84 Å². The number of nitrogens with one attached hydrogen (secondary N) is 1. The summed E-state index contributed by atoms with van der Waals surface area (Å²) in [6.07, 6.45) is -0.831. The highest BCUT2D eigenvalue weighted by Crippen LogP contribution is 2.44. The van der Waals surface area contributed by atoms with Crippen LogP contribution in [0.2, 0.25) is 0 Å². The van der Waals surface area contributed by atoms with Gasteiger partial charge in [0.2, 0.25) is 0 Å². The maximum atomic E-state index is 12.2. The zero-order chi connectivity index (χ0) is 19.5. The van der Waals surface area contributed by atoms with Crippen LogP contribution in [0.15, 0.2) is 66.7 Å². The van der Waals surface area contributed by atoms with Crippen molar-refractivity contribution in [2.75, 3.05) is 11.9 Å². The number of carbonyl (C=O) groups is 2. The van der Waals surface area contributed by atoms with Crippen molar-refractivity contribution in [1.82, 2.24) is 4.98 Å². The molecule has 0 radical (unpaired) electrons. The first kappa shape index (κ1) is 17.7. The van der Waals surface area contributed by atoms with Crippen LogP contribution in [0.5, 0.6) is 0 Å². The molecule has 0 saturated carbocycles. The SMILES string of the molecule is O=C(O)Cc1cccc(NC(=O)OCC2c3ccccc3-c3ccccc32)n1. The maximum Gasteiger partial charge on any atom is 0.412 e. The lowest BCUT2D eigenvalue weighted by Gasteiger charge is -2.14. The summed E-state index contributed by atoms with van der Waals surface area (Å²) in [7, 11) is 0. The molecule has 0 aliphatic heterocycles. The van der Waals surface area contributed by atoms with Gasteiger partial charge in [-0.15, -0.1) is 0 Å². The summed E-state index contributed by atoms with van der Waals surface area (Å²) in [5.41, 5.74) is 4.96. The van der Waals surface area contributed by atoms with Crippen LogP contribution in [-0.4, -0.2) is 28.8 Å². The number of carboxylic acid groups (broad SMARTS) is 1. The summed E-state index contributed by atoms with van der Waals surface area (Å²) in [4.78, 5) is 27.1. The molecule has 1 aliphatic rings. The standard InChI is InChI=1S/C22H18N2O4/c25-21(26)12-14-6-5-11-20(23-14)24-22(27)28-13-19-17-9-3-1-7-15(17)16-8-2-4-10-18(16)19/h1-11,19H,12-13H2,(H,25,26)(H,23,24,27). The fourth-order valence-corrected chi connectivity index (χ4v) is 3.54. The minimum Gasteiger partial charge on any atom is -0.481 e. The molecule has 0 bridgehead atoms. The third-order valence-electron chi connectivity index (χ3n) is 4.71. The number of fused-ring (bicyclic) bond motifs is 3. The van der Waals surface area contributed by atoms with E-state index in [0.717, 1.165) is 22.3 Å². The monoisotopic (exact) mass is 374 g/mol. The van der Waals surface area contributed by atoms with Crippen LogP contribution in [0.4, 0.5) is 10.6 Å². The Morgan fingerprint density at radius 1 is 0.929 bits per heavy atom. The number of carboxylic acids is 1. The minimum atomic E-state index is -0.981. The lowest BCUT2D eigenvalue weighted by Crippen LogP contribution is -2.18. The summed E-state index contributed by atoms with van der Waals surface area (Å²) < 4.78 is 5.46. The zero-order valence-corrected chi connectivity index (χ0v) is 15.0. The second-order valence-corrected chi connectivity index (χ2v) is 6.54. The van der Waals surface area contributed by atoms with Gasteiger partial charge in [0.15, 0.2) is 0 Å². The smallest absolute Gasteiger partial charge is 0.412 e. The van der Waals surface area contributed by atoms with Gasteiger partial charge in [0.1, 0.15) is 12.4 Å². The average molecular weight is 374 g/mol. The molecule has 0 atom stereocenters. The van der Waals surface area contributed by atoms with Gasteiger partial charge in [-0.05, 0) is 34.4 Å². The van der Waals surface area contributed by atoms with E-state index in [1.165, 1.54) is 0 Å². The molecule has 1 amide bonds. The van der Waals surface area contributed by atoms with Crippen LogP contribution in [0.1, 0.15) is 22.7 Å². The largest absolute Gasteiger partial charge is 0.481 e. The molecule has 2 N–H and O–H groups in total. The molecule has 0 unspecified atom stereocenters. The highest BCUT2D eigenvalue weighted by Gasteiger charge is 2.29. The number of hydrogen-bond acceptors (Lipinski definition) is 4. The van der Waals surface area contributed by atoms with Crippen LogP contribution < -0.4 is 5.32 Å². The number of benzene rings is 2. The number of nitrogens with zero attached hydrogens (tertiary/aromatic N) is 1. The fraction of sp³-hybridized carbons (Fsp3) is 0.136. The first-order valence-corrected chi connectivity index (χ1v) is 8.91. The number of pyridine rings is 1. The highest BCUT2D eigenvalue weighted by atomic mass is 16.5. The number of carbonyl (C=O) groups excluding carboxylic acids is 1. The Bertz CT molecular complexity index is 1000. The molecule has 4 rings (SSSR count). The second-order valence-electron chi connectivity index (χ2n) is 6.54. The zero-order valence-electron chi connectivity index (χ0n) is 15.0. The van der Waals surface area contributed by atoms with E-state index in [2.05, 4.69) is 34.6 Å². The van der Waals surface area contributed by atoms with Crippen LogP contribution in [0, 0.1) is 0 Å². The van der Waals surface area contributed by atoms with Crippen molar-refractivity contribution in [3.63, 3.8) is 0 Å². The lowest BCUT2D eigenvalue weighted by molar-refractivity contribution is -0.136. The second kappa shape index (κ2) is 7.52. The Morgan fingerprint density at radius 2 is 1.57 bits per heavy atom. The molecule has 2 aromatic carbocycles. The quantitative estimate of drug-likeness (QED) is 0.703. The molecule has 6 nitrogen and oxygen atoms in total. The first-order valence-electron chi connectivity index (χ1n) is 8.91. The van der Waals surface area contributed by atoms with Crippen molar-refractivity contribution in [3.8, 4) is 11.1 Å². The van der Waals surface area contributed by atoms with Gasteiger partial charge in [-0.3, -0.25) is 10.1 Å². The molecule has 3 aromatic rings. The Balaban J connectivity index is 1.45. The van der Waals surface area contributed by atoms with E-state index in [1.54, 1.807) is 18.2 Å². The molecule has 6 heteroatoms. The maximum absolute atomic E-state index is 12.2. The van der Waals surface area contributed by atoms with Crippen molar-refractivity contribution in [1.29, 1.82) is 0 Å². The van der Waals surface area contributed by atoms with E-state index in [0.29, 0.717) is 5.69 Å². The molecular weight excluding hydrogens is 356 g/mol. The van der Waals surface area contributed by atoms with Gasteiger partial charge >= 0.3 is 12.1 Å². The number of hydrogen-bond donors (Lipinski definition) is 2. The third kappa shape index (κ3) is 3.57. The molecule has 0 spiro atoms. The van der Waals surface area contributed by atoms with Gasteiger partial charge in [-0.2, -0.15) is 0 Å². The number of aromatic nitrogens is 1. The number of ether oxygens (including phenoxy) is 1. The molecule has 28 heavy (non-hydrogen) atoms. The predicted molar refractivity (Wildman–Crippen MR) is 104 cm³/mol. The Labute approximate surface area is 161 Å². The summed E-state index contributed by atoms with van der Waals surface area (Å²) in [5.74, 6) is -0.744. The topological polar surface area (TPSA) is 88.5 Å². The molecular formula is C22H18N2O4. The summed E-state index contributed by atoms with van der Waals surface area (Å²) in [5, 5.41) is 11.4. The summed E-state index contributed by atoms with van der Waals surface area (Å²) in [6, 6.07) is 21.1. The molecule has 1 aliphatic carbocycles. The van der Waals surface area contributed by atoms with Gasteiger partial charge in [-0.25, -0.2) is 9.78 Å². The summed E-state index contributed by atoms with van der Waals surface area (Å²) in [6.45, 7) is 0.203. The molecule has 1 aromatic heterocycles. The van der Waals surface area contributed by atoms with Crippen molar-refractivity contribution < 1.29 is 19.4 Å². The fourth-order valence-electron chi connectivity index (χ4n) is 3.54. The highest BCUT2D eigenvalue weighted by molar-refractivity contribution is 5.84. The Hall–Kier alpha value is -3.67. The van der Waals surface area contributed by atoms with E-state index in [1.807, 2.05) is 24.3 Å². The van der Waals surface area contributed by atoms with Crippen LogP contribution in [0.25, 0.3) is 11.1 Å².